The van der Waals surface area contributed by atoms with Crippen molar-refractivity contribution in [3.63, 3.8) is 0 Å². The third kappa shape index (κ3) is 3.69. The number of hydrogen-bond acceptors (Lipinski definition) is 2. The predicted molar refractivity (Wildman–Crippen MR) is 69.0 cm³/mol. The van der Waals surface area contributed by atoms with Gasteiger partial charge in [0.1, 0.15) is 0 Å². The Morgan fingerprint density at radius 1 is 1.31 bits per heavy atom. The summed E-state index contributed by atoms with van der Waals surface area (Å²) in [7, 11) is 0. The second-order valence-corrected chi connectivity index (χ2v) is 3.80. The summed E-state index contributed by atoms with van der Waals surface area (Å²) in [6, 6.07) is 8.33. The molecular formula is C14H20N2. The van der Waals surface area contributed by atoms with Gasteiger partial charge in [-0.05, 0) is 24.1 Å². The third-order valence-electron chi connectivity index (χ3n) is 2.80. The minimum Gasteiger partial charge on any atom is -0.326 e. The molecule has 2 nitrogen and oxygen atoms in total. The largest absolute Gasteiger partial charge is 0.326 e. The second-order valence-electron chi connectivity index (χ2n) is 3.80. The molecule has 86 valence electrons. The van der Waals surface area contributed by atoms with Gasteiger partial charge in [0.05, 0.1) is 6.54 Å². The lowest BCUT2D eigenvalue weighted by Gasteiger charge is -2.18. The van der Waals surface area contributed by atoms with Gasteiger partial charge in [-0.1, -0.05) is 37.1 Å². The van der Waals surface area contributed by atoms with Crippen molar-refractivity contribution in [3.05, 3.63) is 35.4 Å². The van der Waals surface area contributed by atoms with Gasteiger partial charge in [0, 0.05) is 13.1 Å². The highest BCUT2D eigenvalue weighted by Gasteiger charge is 2.03. The lowest BCUT2D eigenvalue weighted by molar-refractivity contribution is 0.328. The first-order chi connectivity index (χ1) is 7.81. The lowest BCUT2D eigenvalue weighted by atomic mass is 10.0. The summed E-state index contributed by atoms with van der Waals surface area (Å²) in [5, 5.41) is 0. The molecule has 0 heterocycles. The Balaban J connectivity index is 2.56. The number of rotatable bonds is 6. The van der Waals surface area contributed by atoms with Crippen LogP contribution in [0, 0.1) is 12.3 Å². The summed E-state index contributed by atoms with van der Waals surface area (Å²) < 4.78 is 0. The van der Waals surface area contributed by atoms with Crippen LogP contribution in [0.25, 0.3) is 0 Å². The van der Waals surface area contributed by atoms with Crippen molar-refractivity contribution >= 4 is 0 Å². The highest BCUT2D eigenvalue weighted by Crippen LogP contribution is 2.09. The number of likely N-dealkylation sites (N-methyl/N-ethyl adjacent to an activating group) is 1. The van der Waals surface area contributed by atoms with Gasteiger partial charge in [-0.25, -0.2) is 0 Å². The van der Waals surface area contributed by atoms with Gasteiger partial charge in [-0.2, -0.15) is 0 Å². The quantitative estimate of drug-likeness (QED) is 0.733. The van der Waals surface area contributed by atoms with Crippen molar-refractivity contribution in [2.75, 3.05) is 19.6 Å². The van der Waals surface area contributed by atoms with E-state index in [4.69, 9.17) is 12.2 Å². The maximum Gasteiger partial charge on any atom is 0.0598 e. The number of nitrogens with two attached hydrogens (primary N) is 1. The summed E-state index contributed by atoms with van der Waals surface area (Å²) in [6.45, 7) is 5.46. The molecule has 2 heteroatoms. The summed E-state index contributed by atoms with van der Waals surface area (Å²) in [4.78, 5) is 2.26. The van der Waals surface area contributed by atoms with Crippen LogP contribution in [0.15, 0.2) is 24.3 Å². The lowest BCUT2D eigenvalue weighted by Crippen LogP contribution is -2.26. The molecular weight excluding hydrogens is 196 g/mol. The fourth-order valence-electron chi connectivity index (χ4n) is 1.76. The van der Waals surface area contributed by atoms with E-state index in [0.29, 0.717) is 6.54 Å². The molecule has 1 rings (SSSR count). The molecule has 0 aliphatic rings. The number of benzene rings is 1. The van der Waals surface area contributed by atoms with Crippen LogP contribution in [0.2, 0.25) is 0 Å². The molecule has 2 N–H and O–H groups in total. The fourth-order valence-corrected chi connectivity index (χ4v) is 1.76. The molecule has 0 saturated heterocycles. The van der Waals surface area contributed by atoms with E-state index in [0.717, 1.165) is 26.1 Å². The van der Waals surface area contributed by atoms with Crippen molar-refractivity contribution in [1.82, 2.24) is 4.90 Å². The van der Waals surface area contributed by atoms with Crippen LogP contribution < -0.4 is 5.73 Å². The van der Waals surface area contributed by atoms with Gasteiger partial charge in [-0.15, -0.1) is 6.42 Å². The minimum absolute atomic E-state index is 0.609. The Morgan fingerprint density at radius 2 is 2.00 bits per heavy atom. The Hall–Kier alpha value is -1.30. The first-order valence-electron chi connectivity index (χ1n) is 5.74. The Bertz CT molecular complexity index is 352. The van der Waals surface area contributed by atoms with Crippen LogP contribution in [0.5, 0.6) is 0 Å². The van der Waals surface area contributed by atoms with Crippen molar-refractivity contribution in [2.45, 2.75) is 19.9 Å². The van der Waals surface area contributed by atoms with E-state index < -0.39 is 0 Å². The zero-order chi connectivity index (χ0) is 11.8. The normalized spacial score (nSPS) is 10.4. The average molecular weight is 216 g/mol. The molecule has 0 fully saturated rings. The molecule has 0 unspecified atom stereocenters. The van der Waals surface area contributed by atoms with E-state index in [-0.39, 0.29) is 0 Å². The summed E-state index contributed by atoms with van der Waals surface area (Å²) in [6.07, 6.45) is 6.34. The van der Waals surface area contributed by atoms with Crippen LogP contribution in [-0.2, 0) is 13.0 Å². The number of hydrogen-bond donors (Lipinski definition) is 1. The van der Waals surface area contributed by atoms with E-state index in [9.17, 15) is 0 Å². The number of nitrogens with zero attached hydrogens (tertiary/aromatic N) is 1. The van der Waals surface area contributed by atoms with Crippen molar-refractivity contribution in [2.24, 2.45) is 5.73 Å². The summed E-state index contributed by atoms with van der Waals surface area (Å²) >= 11 is 0. The molecule has 0 aliphatic heterocycles. The molecule has 0 aliphatic carbocycles. The van der Waals surface area contributed by atoms with Crippen LogP contribution in [0.4, 0.5) is 0 Å². The molecule has 0 amide bonds. The molecule has 16 heavy (non-hydrogen) atoms. The van der Waals surface area contributed by atoms with Crippen LogP contribution in [0.1, 0.15) is 18.1 Å². The molecule has 0 atom stereocenters. The first kappa shape index (κ1) is 12.8. The molecule has 0 saturated carbocycles. The van der Waals surface area contributed by atoms with Gasteiger partial charge in [0.2, 0.25) is 0 Å². The second kappa shape index (κ2) is 7.05. The smallest absolute Gasteiger partial charge is 0.0598 e. The van der Waals surface area contributed by atoms with Crippen molar-refractivity contribution in [3.8, 4) is 12.3 Å². The van der Waals surface area contributed by atoms with Gasteiger partial charge in [-0.3, -0.25) is 4.90 Å². The topological polar surface area (TPSA) is 29.3 Å². The predicted octanol–water partition coefficient (Wildman–Crippen LogP) is 1.64. The fraction of sp³-hybridized carbons (Fsp3) is 0.429. The van der Waals surface area contributed by atoms with Crippen molar-refractivity contribution < 1.29 is 0 Å². The minimum atomic E-state index is 0.609. The molecule has 1 aromatic rings. The molecule has 0 spiro atoms. The zero-order valence-corrected chi connectivity index (χ0v) is 9.95. The van der Waals surface area contributed by atoms with Gasteiger partial charge in [0.25, 0.3) is 0 Å². The van der Waals surface area contributed by atoms with Gasteiger partial charge < -0.3 is 5.73 Å². The zero-order valence-electron chi connectivity index (χ0n) is 9.95. The van der Waals surface area contributed by atoms with Crippen molar-refractivity contribution in [1.29, 1.82) is 0 Å². The highest BCUT2D eigenvalue weighted by molar-refractivity contribution is 5.27. The Morgan fingerprint density at radius 3 is 2.56 bits per heavy atom. The summed E-state index contributed by atoms with van der Waals surface area (Å²) in [5.74, 6) is 2.68. The monoisotopic (exact) mass is 216 g/mol. The van der Waals surface area contributed by atoms with Gasteiger partial charge in [0.15, 0.2) is 0 Å². The SMILES string of the molecule is C#CCN(CC)CCc1ccccc1CN. The van der Waals surface area contributed by atoms with Crippen LogP contribution >= 0.6 is 0 Å². The Kier molecular flexibility index (Phi) is 5.63. The molecule has 0 bridgehead atoms. The molecule has 1 aromatic carbocycles. The first-order valence-corrected chi connectivity index (χ1v) is 5.74. The highest BCUT2D eigenvalue weighted by atomic mass is 15.1. The van der Waals surface area contributed by atoms with Gasteiger partial charge >= 0.3 is 0 Å². The van der Waals surface area contributed by atoms with Crippen LogP contribution in [0.3, 0.4) is 0 Å². The van der Waals surface area contributed by atoms with E-state index in [1.54, 1.807) is 0 Å². The van der Waals surface area contributed by atoms with Crippen LogP contribution in [-0.4, -0.2) is 24.5 Å². The van der Waals surface area contributed by atoms with E-state index in [2.05, 4.69) is 35.9 Å². The number of terminal acetylenes is 1. The molecule has 0 aromatic heterocycles. The maximum absolute atomic E-state index is 5.70. The maximum atomic E-state index is 5.70. The van der Waals surface area contributed by atoms with E-state index in [1.165, 1.54) is 11.1 Å². The average Bonchev–Trinajstić information content (AvgIpc) is 2.34. The third-order valence-corrected chi connectivity index (χ3v) is 2.80. The Labute approximate surface area is 98.4 Å². The molecule has 0 radical (unpaired) electrons. The van der Waals surface area contributed by atoms with E-state index >= 15 is 0 Å². The standard InChI is InChI=1S/C14H20N2/c1-3-10-16(4-2)11-9-13-7-5-6-8-14(13)12-15/h1,5-8H,4,9-12,15H2,2H3. The summed E-state index contributed by atoms with van der Waals surface area (Å²) in [5.41, 5.74) is 8.27. The van der Waals surface area contributed by atoms with E-state index in [1.807, 2.05) is 6.07 Å².